The maximum atomic E-state index is 12.9. The topological polar surface area (TPSA) is 55.0 Å². The average Bonchev–Trinajstić information content (AvgIpc) is 3.12. The minimum Gasteiger partial charge on any atom is -0.609 e. The summed E-state index contributed by atoms with van der Waals surface area (Å²) >= 11 is -1.48. The van der Waals surface area contributed by atoms with Crippen LogP contribution in [0.5, 0.6) is 0 Å². The summed E-state index contributed by atoms with van der Waals surface area (Å²) in [5, 5.41) is 0.197. The Morgan fingerprint density at radius 3 is 2.57 bits per heavy atom. The number of H-pyrrole nitrogens is 1. The van der Waals surface area contributed by atoms with E-state index in [1.807, 2.05) is 24.3 Å². The molecule has 1 saturated heterocycles. The summed E-state index contributed by atoms with van der Waals surface area (Å²) in [6.07, 6.45) is -0.922. The van der Waals surface area contributed by atoms with Gasteiger partial charge in [0.1, 0.15) is 5.75 Å². The summed E-state index contributed by atoms with van der Waals surface area (Å²) < 4.78 is 51.5. The van der Waals surface area contributed by atoms with Gasteiger partial charge in [0, 0.05) is 35.5 Å². The van der Waals surface area contributed by atoms with Gasteiger partial charge in [-0.1, -0.05) is 18.2 Å². The number of para-hydroxylation sites is 1. The molecule has 0 spiro atoms. The summed E-state index contributed by atoms with van der Waals surface area (Å²) in [5.41, 5.74) is 1.88. The number of imidazole rings is 1. The first-order valence-electron chi connectivity index (χ1n) is 9.20. The predicted molar refractivity (Wildman–Crippen MR) is 104 cm³/mol. The first kappa shape index (κ1) is 19.1. The quantitative estimate of drug-likeness (QED) is 0.627. The Balaban J connectivity index is 1.58. The Labute approximate surface area is 163 Å². The fourth-order valence-electron chi connectivity index (χ4n) is 3.55. The lowest BCUT2D eigenvalue weighted by atomic mass is 10.1. The standard InChI is InChI=1S/C20H20F3N3OS/c21-20(22,23)15-8-9-16-17(12-15)25-19(24-16)28(27)13-14-6-2-3-7-18(14)26-10-4-1-5-11-26/h2-3,6-9,12H,1,4-5,10-11,13H2,(H,24,25). The molecule has 0 radical (unpaired) electrons. The van der Waals surface area contributed by atoms with Gasteiger partial charge in [0.05, 0.1) is 16.6 Å². The van der Waals surface area contributed by atoms with Crippen molar-refractivity contribution in [2.24, 2.45) is 0 Å². The molecule has 1 aliphatic rings. The van der Waals surface area contributed by atoms with Crippen LogP contribution in [0.1, 0.15) is 30.4 Å². The van der Waals surface area contributed by atoms with Crippen LogP contribution in [0.25, 0.3) is 11.0 Å². The molecule has 4 nitrogen and oxygen atoms in total. The molecular weight excluding hydrogens is 387 g/mol. The van der Waals surface area contributed by atoms with Crippen molar-refractivity contribution in [1.82, 2.24) is 9.97 Å². The highest BCUT2D eigenvalue weighted by Gasteiger charge is 2.31. The number of anilines is 1. The first-order chi connectivity index (χ1) is 13.4. The molecule has 148 valence electrons. The molecule has 1 atom stereocenters. The molecule has 2 aromatic carbocycles. The number of nitrogens with one attached hydrogen (secondary N) is 1. The second-order valence-corrected chi connectivity index (χ2v) is 8.30. The third-order valence-electron chi connectivity index (χ3n) is 4.98. The molecule has 0 aliphatic carbocycles. The lowest BCUT2D eigenvalue weighted by Gasteiger charge is -2.30. The molecule has 0 bridgehead atoms. The summed E-state index contributed by atoms with van der Waals surface area (Å²) in [6, 6.07) is 11.2. The Morgan fingerprint density at radius 2 is 1.82 bits per heavy atom. The number of benzene rings is 2. The molecule has 0 amide bonds. The number of halogens is 3. The van der Waals surface area contributed by atoms with Gasteiger partial charge in [-0.05, 0) is 43.5 Å². The number of hydrogen-bond acceptors (Lipinski definition) is 3. The zero-order chi connectivity index (χ0) is 19.7. The van der Waals surface area contributed by atoms with Crippen molar-refractivity contribution in [1.29, 1.82) is 0 Å². The highest BCUT2D eigenvalue weighted by atomic mass is 32.2. The molecule has 1 fully saturated rings. The molecule has 1 aromatic heterocycles. The minimum atomic E-state index is -4.43. The van der Waals surface area contributed by atoms with Gasteiger partial charge in [-0.3, -0.25) is 4.98 Å². The summed E-state index contributed by atoms with van der Waals surface area (Å²) in [4.78, 5) is 9.37. The zero-order valence-electron chi connectivity index (χ0n) is 15.1. The van der Waals surface area contributed by atoms with Crippen molar-refractivity contribution in [3.63, 3.8) is 0 Å². The van der Waals surface area contributed by atoms with Gasteiger partial charge >= 0.3 is 11.3 Å². The van der Waals surface area contributed by atoms with Gasteiger partial charge in [0.15, 0.2) is 0 Å². The highest BCUT2D eigenvalue weighted by molar-refractivity contribution is 7.90. The van der Waals surface area contributed by atoms with Crippen LogP contribution in [0, 0.1) is 0 Å². The molecule has 2 heterocycles. The summed E-state index contributed by atoms with van der Waals surface area (Å²) in [6.45, 7) is 1.96. The number of alkyl halides is 3. The van der Waals surface area contributed by atoms with Gasteiger partial charge in [0.2, 0.25) is 0 Å². The Kier molecular flexibility index (Phi) is 5.25. The SMILES string of the molecule is [O-][S+](Cc1ccccc1N1CCCCC1)c1nc2cc(C(F)(F)F)ccc2[nH]1. The van der Waals surface area contributed by atoms with Gasteiger partial charge < -0.3 is 9.45 Å². The van der Waals surface area contributed by atoms with E-state index in [-0.39, 0.29) is 16.4 Å². The Hall–Kier alpha value is -2.19. The molecular formula is C20H20F3N3OS. The number of aromatic nitrogens is 2. The van der Waals surface area contributed by atoms with E-state index in [0.29, 0.717) is 5.52 Å². The molecule has 1 N–H and O–H groups in total. The average molecular weight is 407 g/mol. The van der Waals surface area contributed by atoms with Crippen LogP contribution >= 0.6 is 0 Å². The monoisotopic (exact) mass is 407 g/mol. The maximum Gasteiger partial charge on any atom is 0.416 e. The second kappa shape index (κ2) is 7.67. The van der Waals surface area contributed by atoms with E-state index in [0.717, 1.165) is 49.3 Å². The number of aromatic amines is 1. The van der Waals surface area contributed by atoms with Crippen molar-refractivity contribution in [3.05, 3.63) is 53.6 Å². The molecule has 28 heavy (non-hydrogen) atoms. The van der Waals surface area contributed by atoms with Crippen LogP contribution in [-0.4, -0.2) is 27.6 Å². The van der Waals surface area contributed by atoms with E-state index in [1.165, 1.54) is 12.5 Å². The molecule has 0 saturated carbocycles. The van der Waals surface area contributed by atoms with Crippen molar-refractivity contribution >= 4 is 27.9 Å². The number of rotatable bonds is 4. The van der Waals surface area contributed by atoms with Crippen LogP contribution in [0.15, 0.2) is 47.6 Å². The molecule has 1 aliphatic heterocycles. The van der Waals surface area contributed by atoms with Gasteiger partial charge in [-0.2, -0.15) is 18.2 Å². The van der Waals surface area contributed by atoms with E-state index < -0.39 is 22.9 Å². The largest absolute Gasteiger partial charge is 0.609 e. The van der Waals surface area contributed by atoms with Crippen LogP contribution < -0.4 is 4.90 Å². The Morgan fingerprint density at radius 1 is 1.07 bits per heavy atom. The van der Waals surface area contributed by atoms with Crippen molar-refractivity contribution < 1.29 is 17.7 Å². The Bertz CT molecular complexity index is 967. The number of nitrogens with zero attached hydrogens (tertiary/aromatic N) is 2. The van der Waals surface area contributed by atoms with Gasteiger partial charge in [-0.15, -0.1) is 0 Å². The van der Waals surface area contributed by atoms with Crippen molar-refractivity contribution in [3.8, 4) is 0 Å². The van der Waals surface area contributed by atoms with Gasteiger partial charge in [0.25, 0.3) is 0 Å². The van der Waals surface area contributed by atoms with E-state index >= 15 is 0 Å². The molecule has 1 unspecified atom stereocenters. The highest BCUT2D eigenvalue weighted by Crippen LogP contribution is 2.32. The molecule has 8 heteroatoms. The number of hydrogen-bond donors (Lipinski definition) is 1. The third kappa shape index (κ3) is 3.98. The first-order valence-corrected chi connectivity index (χ1v) is 10.5. The lowest BCUT2D eigenvalue weighted by Crippen LogP contribution is -2.30. The summed E-state index contributed by atoms with van der Waals surface area (Å²) in [5.74, 6) is 0.263. The number of piperidine rings is 1. The zero-order valence-corrected chi connectivity index (χ0v) is 15.9. The smallest absolute Gasteiger partial charge is 0.416 e. The normalized spacial score (nSPS) is 16.5. The third-order valence-corrected chi connectivity index (χ3v) is 6.18. The molecule has 3 aromatic rings. The lowest BCUT2D eigenvalue weighted by molar-refractivity contribution is -0.137. The van der Waals surface area contributed by atoms with Crippen LogP contribution in [0.4, 0.5) is 18.9 Å². The predicted octanol–water partition coefficient (Wildman–Crippen LogP) is 4.88. The van der Waals surface area contributed by atoms with E-state index in [4.69, 9.17) is 0 Å². The second-order valence-electron chi connectivity index (χ2n) is 6.94. The van der Waals surface area contributed by atoms with E-state index in [9.17, 15) is 17.7 Å². The van der Waals surface area contributed by atoms with Crippen molar-refractivity contribution in [2.45, 2.75) is 36.3 Å². The minimum absolute atomic E-state index is 0.169. The van der Waals surface area contributed by atoms with Crippen LogP contribution in [0.2, 0.25) is 0 Å². The number of fused-ring (bicyclic) bond motifs is 1. The fourth-order valence-corrected chi connectivity index (χ4v) is 4.64. The maximum absolute atomic E-state index is 12.9. The van der Waals surface area contributed by atoms with E-state index in [1.54, 1.807) is 0 Å². The van der Waals surface area contributed by atoms with E-state index in [2.05, 4.69) is 14.9 Å². The van der Waals surface area contributed by atoms with Crippen LogP contribution in [0.3, 0.4) is 0 Å². The fraction of sp³-hybridized carbons (Fsp3) is 0.350. The summed E-state index contributed by atoms with van der Waals surface area (Å²) in [7, 11) is 0. The van der Waals surface area contributed by atoms with Crippen molar-refractivity contribution in [2.75, 3.05) is 18.0 Å². The van der Waals surface area contributed by atoms with Gasteiger partial charge in [-0.25, -0.2) is 0 Å². The molecule has 4 rings (SSSR count). The van der Waals surface area contributed by atoms with Crippen LogP contribution in [-0.2, 0) is 23.1 Å².